The number of halogens is 1. The molecular weight excluding hydrogens is 276 g/mol. The van der Waals surface area contributed by atoms with Crippen LogP contribution in [0.25, 0.3) is 0 Å². The van der Waals surface area contributed by atoms with E-state index in [1.54, 1.807) is 6.07 Å². The first-order valence-electron chi connectivity index (χ1n) is 5.66. The minimum atomic E-state index is -3.54. The van der Waals surface area contributed by atoms with Crippen LogP contribution in [-0.2, 0) is 20.6 Å². The van der Waals surface area contributed by atoms with Crippen molar-refractivity contribution < 1.29 is 13.2 Å². The normalized spacial score (nSPS) is 22.0. The van der Waals surface area contributed by atoms with Crippen molar-refractivity contribution >= 4 is 21.6 Å². The Bertz CT molecular complexity index is 504. The molecule has 1 atom stereocenters. The molecule has 5 nitrogen and oxygen atoms in total. The summed E-state index contributed by atoms with van der Waals surface area (Å²) in [5.41, 5.74) is 0.797. The van der Waals surface area contributed by atoms with E-state index < -0.39 is 10.0 Å². The van der Waals surface area contributed by atoms with Crippen molar-refractivity contribution in [3.8, 4) is 0 Å². The molecule has 18 heavy (non-hydrogen) atoms. The van der Waals surface area contributed by atoms with E-state index in [4.69, 9.17) is 16.3 Å². The van der Waals surface area contributed by atoms with E-state index in [2.05, 4.69) is 4.98 Å². The average Bonchev–Trinajstić information content (AvgIpc) is 2.39. The number of morpholine rings is 1. The highest BCUT2D eigenvalue weighted by Gasteiger charge is 2.32. The smallest absolute Gasteiger partial charge is 0.260 e. The van der Waals surface area contributed by atoms with Gasteiger partial charge in [0.15, 0.2) is 5.03 Å². The van der Waals surface area contributed by atoms with E-state index >= 15 is 0 Å². The van der Waals surface area contributed by atoms with Crippen LogP contribution in [0.1, 0.15) is 12.5 Å². The molecule has 0 saturated carbocycles. The van der Waals surface area contributed by atoms with E-state index in [0.29, 0.717) is 25.6 Å². The summed E-state index contributed by atoms with van der Waals surface area (Å²) in [4.78, 5) is 3.98. The number of pyridine rings is 1. The predicted molar refractivity (Wildman–Crippen MR) is 68.0 cm³/mol. The van der Waals surface area contributed by atoms with E-state index in [0.717, 1.165) is 5.56 Å². The summed E-state index contributed by atoms with van der Waals surface area (Å²) in [6, 6.07) is 3.01. The molecule has 0 bridgehead atoms. The van der Waals surface area contributed by atoms with Gasteiger partial charge in [0.1, 0.15) is 0 Å². The van der Waals surface area contributed by atoms with Gasteiger partial charge in [-0.05, 0) is 18.6 Å². The third-order valence-electron chi connectivity index (χ3n) is 2.83. The fourth-order valence-corrected chi connectivity index (χ4v) is 3.51. The van der Waals surface area contributed by atoms with Crippen LogP contribution in [-0.4, -0.2) is 43.5 Å². The Hall–Kier alpha value is -0.690. The van der Waals surface area contributed by atoms with Gasteiger partial charge >= 0.3 is 0 Å². The molecule has 0 radical (unpaired) electrons. The summed E-state index contributed by atoms with van der Waals surface area (Å²) >= 11 is 5.65. The summed E-state index contributed by atoms with van der Waals surface area (Å²) in [6.07, 6.45) is 1.49. The number of alkyl halides is 1. The molecule has 1 saturated heterocycles. The van der Waals surface area contributed by atoms with Gasteiger partial charge < -0.3 is 4.74 Å². The lowest BCUT2D eigenvalue weighted by atomic mass is 10.3. The number of ether oxygens (including phenoxy) is 1. The Morgan fingerprint density at radius 2 is 2.33 bits per heavy atom. The maximum atomic E-state index is 12.4. The van der Waals surface area contributed by atoms with Crippen LogP contribution in [0.4, 0.5) is 0 Å². The molecule has 1 aromatic rings. The molecule has 2 rings (SSSR count). The number of sulfonamides is 1. The molecule has 1 aromatic heterocycles. The van der Waals surface area contributed by atoms with Gasteiger partial charge in [-0.25, -0.2) is 13.4 Å². The summed E-state index contributed by atoms with van der Waals surface area (Å²) < 4.78 is 31.4. The van der Waals surface area contributed by atoms with Gasteiger partial charge in [0.2, 0.25) is 0 Å². The molecule has 1 unspecified atom stereocenters. The predicted octanol–water partition coefficient (Wildman–Crippen LogP) is 1.23. The molecule has 0 spiro atoms. The lowest BCUT2D eigenvalue weighted by Gasteiger charge is -2.31. The van der Waals surface area contributed by atoms with Crippen molar-refractivity contribution in [2.45, 2.75) is 23.9 Å². The second-order valence-corrected chi connectivity index (χ2v) is 6.28. The van der Waals surface area contributed by atoms with Gasteiger partial charge in [-0.2, -0.15) is 4.31 Å². The van der Waals surface area contributed by atoms with Crippen LogP contribution in [0, 0.1) is 0 Å². The first kappa shape index (κ1) is 13.7. The summed E-state index contributed by atoms with van der Waals surface area (Å²) in [6.45, 7) is 3.02. The first-order valence-corrected chi connectivity index (χ1v) is 7.63. The maximum Gasteiger partial charge on any atom is 0.260 e. The lowest BCUT2D eigenvalue weighted by molar-refractivity contribution is 0.0391. The molecule has 1 aliphatic heterocycles. The van der Waals surface area contributed by atoms with Gasteiger partial charge in [0.05, 0.1) is 13.2 Å². The fraction of sp³-hybridized carbons (Fsp3) is 0.545. The third-order valence-corrected chi connectivity index (χ3v) is 5.07. The van der Waals surface area contributed by atoms with Crippen LogP contribution < -0.4 is 0 Å². The molecule has 100 valence electrons. The van der Waals surface area contributed by atoms with Gasteiger partial charge in [-0.1, -0.05) is 6.07 Å². The largest absolute Gasteiger partial charge is 0.378 e. The van der Waals surface area contributed by atoms with Crippen LogP contribution in [0.15, 0.2) is 23.4 Å². The second kappa shape index (κ2) is 5.52. The number of aromatic nitrogens is 1. The van der Waals surface area contributed by atoms with Crippen LogP contribution in [0.5, 0.6) is 0 Å². The molecule has 7 heteroatoms. The summed E-state index contributed by atoms with van der Waals surface area (Å²) in [5.74, 6) is 0.321. The zero-order valence-electron chi connectivity index (χ0n) is 10.0. The zero-order valence-corrected chi connectivity index (χ0v) is 11.6. The highest BCUT2D eigenvalue weighted by molar-refractivity contribution is 7.89. The van der Waals surface area contributed by atoms with Crippen LogP contribution >= 0.6 is 11.6 Å². The van der Waals surface area contributed by atoms with Gasteiger partial charge in [0.25, 0.3) is 10.0 Å². The second-order valence-electron chi connectivity index (χ2n) is 4.18. The minimum Gasteiger partial charge on any atom is -0.378 e. The number of nitrogens with zero attached hydrogens (tertiary/aromatic N) is 2. The van der Waals surface area contributed by atoms with E-state index in [-0.39, 0.29) is 11.1 Å². The van der Waals surface area contributed by atoms with Gasteiger partial charge in [-0.3, -0.25) is 0 Å². The third kappa shape index (κ3) is 2.66. The highest BCUT2D eigenvalue weighted by atomic mass is 35.5. The maximum absolute atomic E-state index is 12.4. The van der Waals surface area contributed by atoms with Gasteiger partial charge in [-0.15, -0.1) is 11.6 Å². The Labute approximate surface area is 112 Å². The molecule has 1 aliphatic rings. The van der Waals surface area contributed by atoms with Crippen LogP contribution in [0.2, 0.25) is 0 Å². The Morgan fingerprint density at radius 3 is 2.89 bits per heavy atom. The Balaban J connectivity index is 2.28. The molecule has 0 amide bonds. The summed E-state index contributed by atoms with van der Waals surface area (Å²) in [5, 5.41) is 0.0603. The van der Waals surface area contributed by atoms with Crippen molar-refractivity contribution in [1.82, 2.24) is 9.29 Å². The molecule has 1 fully saturated rings. The minimum absolute atomic E-state index is 0.0603. The highest BCUT2D eigenvalue weighted by Crippen LogP contribution is 2.19. The Morgan fingerprint density at radius 1 is 1.56 bits per heavy atom. The SMILES string of the molecule is CC1COCCN1S(=O)(=O)c1ccc(CCl)cn1. The molecule has 0 N–H and O–H groups in total. The number of hydrogen-bond acceptors (Lipinski definition) is 4. The van der Waals surface area contributed by atoms with Crippen molar-refractivity contribution in [2.75, 3.05) is 19.8 Å². The van der Waals surface area contributed by atoms with Crippen molar-refractivity contribution in [2.24, 2.45) is 0 Å². The number of rotatable bonds is 3. The molecule has 2 heterocycles. The van der Waals surface area contributed by atoms with Crippen molar-refractivity contribution in [3.05, 3.63) is 23.9 Å². The summed E-state index contributed by atoms with van der Waals surface area (Å²) in [7, 11) is -3.54. The molecule has 0 aromatic carbocycles. The van der Waals surface area contributed by atoms with Crippen molar-refractivity contribution in [1.29, 1.82) is 0 Å². The average molecular weight is 291 g/mol. The Kier molecular flexibility index (Phi) is 4.21. The van der Waals surface area contributed by atoms with Crippen molar-refractivity contribution in [3.63, 3.8) is 0 Å². The van der Waals surface area contributed by atoms with E-state index in [1.165, 1.54) is 16.6 Å². The zero-order chi connectivity index (χ0) is 13.2. The topological polar surface area (TPSA) is 59.5 Å². The van der Waals surface area contributed by atoms with E-state index in [9.17, 15) is 8.42 Å². The molecule has 0 aliphatic carbocycles. The fourth-order valence-electron chi connectivity index (χ4n) is 1.83. The van der Waals surface area contributed by atoms with Crippen LogP contribution in [0.3, 0.4) is 0 Å². The number of hydrogen-bond donors (Lipinski definition) is 0. The standard InChI is InChI=1S/C11H15ClN2O3S/c1-9-8-17-5-4-14(9)18(15,16)11-3-2-10(6-12)7-13-11/h2-3,7,9H,4-6,8H2,1H3. The monoisotopic (exact) mass is 290 g/mol. The molecular formula is C11H15ClN2O3S. The van der Waals surface area contributed by atoms with E-state index in [1.807, 2.05) is 6.92 Å². The quantitative estimate of drug-likeness (QED) is 0.786. The van der Waals surface area contributed by atoms with Gasteiger partial charge in [0, 0.05) is 24.7 Å². The lowest BCUT2D eigenvalue weighted by Crippen LogP contribution is -2.47. The first-order chi connectivity index (χ1) is 8.55.